The minimum Gasteiger partial charge on any atom is -0.494 e. The number of nitrogens with two attached hydrogens (primary N) is 1. The van der Waals surface area contributed by atoms with Crippen LogP contribution in [0.1, 0.15) is 105 Å². The zero-order chi connectivity index (χ0) is 33.3. The van der Waals surface area contributed by atoms with E-state index in [1.165, 1.54) is 18.2 Å². The number of methoxy groups -OCH3 is 1. The minimum absolute atomic E-state index is 0.0291. The molecule has 0 aliphatic heterocycles. The number of benzene rings is 1. The van der Waals surface area contributed by atoms with Crippen molar-refractivity contribution in [3.05, 3.63) is 80.5 Å². The van der Waals surface area contributed by atoms with Crippen LogP contribution in [0.2, 0.25) is 0 Å². The first kappa shape index (κ1) is 35.9. The molecule has 8 heteroatoms. The Labute approximate surface area is 276 Å². The Kier molecular flexibility index (Phi) is 13.3. The number of carbonyl (C=O) groups is 1. The van der Waals surface area contributed by atoms with E-state index in [2.05, 4.69) is 63.9 Å². The molecule has 3 aliphatic carbocycles. The first-order valence-electron chi connectivity index (χ1n) is 15.8. The number of nitrogens with one attached hydrogen (secondary N) is 1. The zero-order valence-electron chi connectivity index (χ0n) is 27.3. The lowest BCUT2D eigenvalue weighted by molar-refractivity contribution is 0.0950. The fourth-order valence-electron chi connectivity index (χ4n) is 6.14. The van der Waals surface area contributed by atoms with Crippen LogP contribution in [0, 0.1) is 18.8 Å². The molecular weight excluding hydrogens is 631 g/mol. The summed E-state index contributed by atoms with van der Waals surface area (Å²) < 4.78 is 21.0. The van der Waals surface area contributed by atoms with Crippen LogP contribution in [-0.2, 0) is 6.42 Å². The molecule has 1 amide bonds. The number of allylic oxidation sites excluding steroid dienone is 4. The molecule has 0 radical (unpaired) electrons. The summed E-state index contributed by atoms with van der Waals surface area (Å²) in [4.78, 5) is 23.0. The van der Waals surface area contributed by atoms with Gasteiger partial charge in [0.05, 0.1) is 12.8 Å². The Morgan fingerprint density at radius 2 is 1.87 bits per heavy atom. The summed E-state index contributed by atoms with van der Waals surface area (Å²) in [5, 5.41) is 4.03. The summed E-state index contributed by atoms with van der Waals surface area (Å²) in [6, 6.07) is 7.80. The van der Waals surface area contributed by atoms with Gasteiger partial charge in [-0.05, 0) is 115 Å². The normalized spacial score (nSPS) is 17.3. The predicted octanol–water partition coefficient (Wildman–Crippen LogP) is 8.65. The Balaban J connectivity index is 0.000000870. The highest BCUT2D eigenvalue weighted by Gasteiger charge is 2.36. The Morgan fingerprint density at radius 1 is 1.16 bits per heavy atom. The van der Waals surface area contributed by atoms with Gasteiger partial charge in [-0.25, -0.2) is 4.39 Å². The van der Waals surface area contributed by atoms with Crippen LogP contribution in [0.5, 0.6) is 5.75 Å². The highest BCUT2D eigenvalue weighted by molar-refractivity contribution is 9.10. The third kappa shape index (κ3) is 8.01. The molecule has 6 rings (SSSR count). The summed E-state index contributed by atoms with van der Waals surface area (Å²) in [7, 11) is 3.09. The number of carbonyl (C=O) groups excluding carboxylic acids is 1. The third-order valence-corrected chi connectivity index (χ3v) is 9.00. The van der Waals surface area contributed by atoms with Gasteiger partial charge >= 0.3 is 0 Å². The number of rotatable bonds is 7. The SMILES string of the molecule is C#C.CC.CN.COc1cc(C(=O)NCC(c2cc3c(c(C4=CCCC(F)=C4C)n2)CCC3C)C2CC2)cc2cc(Br)cnc12. The molecule has 0 bridgehead atoms. The molecule has 3 N–H and O–H groups in total. The number of hydrogen-bond donors (Lipinski definition) is 2. The van der Waals surface area contributed by atoms with E-state index >= 15 is 0 Å². The number of terminal acetylenes is 1. The number of hydrogen-bond acceptors (Lipinski definition) is 5. The number of nitrogens with zero attached hydrogens (tertiary/aromatic N) is 2. The lowest BCUT2D eigenvalue weighted by Crippen LogP contribution is -2.30. The molecule has 1 fully saturated rings. The first-order valence-corrected chi connectivity index (χ1v) is 16.6. The average Bonchev–Trinajstić information content (AvgIpc) is 3.85. The van der Waals surface area contributed by atoms with Gasteiger partial charge in [0.15, 0.2) is 0 Å². The van der Waals surface area contributed by atoms with Crippen molar-refractivity contribution in [2.24, 2.45) is 11.7 Å². The van der Waals surface area contributed by atoms with Crippen LogP contribution >= 0.6 is 15.9 Å². The van der Waals surface area contributed by atoms with Gasteiger partial charge in [-0.1, -0.05) is 26.8 Å². The molecule has 2 unspecified atom stereocenters. The molecule has 1 saturated carbocycles. The topological polar surface area (TPSA) is 90.1 Å². The van der Waals surface area contributed by atoms with Crippen LogP contribution < -0.4 is 15.8 Å². The molecule has 0 saturated heterocycles. The minimum atomic E-state index is -0.147. The second kappa shape index (κ2) is 16.7. The molecule has 2 atom stereocenters. The molecule has 1 aromatic carbocycles. The maximum Gasteiger partial charge on any atom is 0.251 e. The van der Waals surface area contributed by atoms with E-state index in [0.29, 0.717) is 42.5 Å². The third-order valence-electron chi connectivity index (χ3n) is 8.57. The monoisotopic (exact) mass is 676 g/mol. The second-order valence-corrected chi connectivity index (χ2v) is 12.1. The second-order valence-electron chi connectivity index (χ2n) is 11.1. The standard InChI is InChI=1S/C32H33BrFN3O2.C2H6.C2H2.CH5N/c1-17-7-10-24-25(17)14-28(37-31(24)23-5-4-6-27(34)18(23)2)26(19-8-9-19)16-36-32(38)21-11-20-12-22(33)15-35-30(20)29(13-21)39-3;3*1-2/h5,11-15,17,19,26H,4,6-10,16H2,1-3H3,(H,36,38);1-2H3;1-2H;2H2,1H3. The molecule has 3 aromatic rings. The molecule has 2 heterocycles. The van der Waals surface area contributed by atoms with Gasteiger partial charge in [0.2, 0.25) is 0 Å². The number of ether oxygens (including phenoxy) is 1. The van der Waals surface area contributed by atoms with Gasteiger partial charge in [-0.2, -0.15) is 0 Å². The highest BCUT2D eigenvalue weighted by Crippen LogP contribution is 2.46. The smallest absolute Gasteiger partial charge is 0.251 e. The van der Waals surface area contributed by atoms with Crippen LogP contribution in [0.25, 0.3) is 16.5 Å². The quantitative estimate of drug-likeness (QED) is 0.245. The van der Waals surface area contributed by atoms with Gasteiger partial charge in [0.1, 0.15) is 17.1 Å². The molecule has 240 valence electrons. The van der Waals surface area contributed by atoms with Crippen molar-refractivity contribution in [3.63, 3.8) is 0 Å². The molecule has 0 spiro atoms. The molecule has 3 aliphatic rings. The van der Waals surface area contributed by atoms with Gasteiger partial charge in [-0.3, -0.25) is 14.8 Å². The van der Waals surface area contributed by atoms with Crippen molar-refractivity contribution >= 4 is 38.3 Å². The van der Waals surface area contributed by atoms with Gasteiger partial charge in [0, 0.05) is 51.8 Å². The van der Waals surface area contributed by atoms with E-state index in [0.717, 1.165) is 63.6 Å². The maximum absolute atomic E-state index is 14.6. The van der Waals surface area contributed by atoms with Crippen molar-refractivity contribution in [2.45, 2.75) is 78.1 Å². The summed E-state index contributed by atoms with van der Waals surface area (Å²) in [6.45, 7) is 8.65. The van der Waals surface area contributed by atoms with Gasteiger partial charge in [-0.15, -0.1) is 12.8 Å². The van der Waals surface area contributed by atoms with E-state index in [1.807, 2.05) is 32.9 Å². The Bertz CT molecular complexity index is 1590. The fourth-order valence-corrected chi connectivity index (χ4v) is 6.49. The summed E-state index contributed by atoms with van der Waals surface area (Å²) in [5.74, 6) is 1.44. The molecular formula is C37H46BrFN4O2. The van der Waals surface area contributed by atoms with Crippen LogP contribution in [0.4, 0.5) is 4.39 Å². The summed E-state index contributed by atoms with van der Waals surface area (Å²) in [5.41, 5.74) is 12.0. The first-order chi connectivity index (χ1) is 21.8. The molecule has 2 aromatic heterocycles. The number of amides is 1. The van der Waals surface area contributed by atoms with Crippen molar-refractivity contribution in [1.29, 1.82) is 0 Å². The van der Waals surface area contributed by atoms with Crippen molar-refractivity contribution in [2.75, 3.05) is 20.7 Å². The van der Waals surface area contributed by atoms with Gasteiger partial charge in [0.25, 0.3) is 5.91 Å². The molecule has 45 heavy (non-hydrogen) atoms. The average molecular weight is 678 g/mol. The number of halogens is 2. The van der Waals surface area contributed by atoms with Crippen LogP contribution in [0.3, 0.4) is 0 Å². The highest BCUT2D eigenvalue weighted by atomic mass is 79.9. The van der Waals surface area contributed by atoms with Crippen LogP contribution in [-0.4, -0.2) is 36.6 Å². The Hall–Kier alpha value is -3.54. The van der Waals surface area contributed by atoms with E-state index in [4.69, 9.17) is 9.72 Å². The van der Waals surface area contributed by atoms with E-state index in [1.54, 1.807) is 19.4 Å². The zero-order valence-corrected chi connectivity index (χ0v) is 28.9. The van der Waals surface area contributed by atoms with E-state index < -0.39 is 0 Å². The maximum atomic E-state index is 14.6. The van der Waals surface area contributed by atoms with E-state index in [-0.39, 0.29) is 17.7 Å². The Morgan fingerprint density at radius 3 is 2.53 bits per heavy atom. The van der Waals surface area contributed by atoms with Gasteiger partial charge < -0.3 is 15.8 Å². The number of pyridine rings is 2. The van der Waals surface area contributed by atoms with Crippen molar-refractivity contribution in [1.82, 2.24) is 15.3 Å². The van der Waals surface area contributed by atoms with E-state index in [9.17, 15) is 9.18 Å². The summed E-state index contributed by atoms with van der Waals surface area (Å²) in [6.07, 6.45) is 17.4. The number of aromatic nitrogens is 2. The largest absolute Gasteiger partial charge is 0.494 e. The lowest BCUT2D eigenvalue weighted by atomic mass is 9.89. The van der Waals surface area contributed by atoms with Crippen molar-refractivity contribution < 1.29 is 13.9 Å². The predicted molar refractivity (Wildman–Crippen MR) is 187 cm³/mol. The lowest BCUT2D eigenvalue weighted by Gasteiger charge is -2.23. The van der Waals surface area contributed by atoms with Crippen LogP contribution in [0.15, 0.2) is 52.4 Å². The molecule has 6 nitrogen and oxygen atoms in total. The van der Waals surface area contributed by atoms with Crippen molar-refractivity contribution in [3.8, 4) is 18.6 Å². The fraction of sp³-hybridized carbons (Fsp3) is 0.432. The summed E-state index contributed by atoms with van der Waals surface area (Å²) >= 11 is 3.47. The number of fused-ring (bicyclic) bond motifs is 2.